The largest absolute Gasteiger partial charge is 0.465 e. The fraction of sp³-hybridized carbons (Fsp3) is 0.833. The summed E-state index contributed by atoms with van der Waals surface area (Å²) in [6.07, 6.45) is 0. The molecule has 0 amide bonds. The van der Waals surface area contributed by atoms with E-state index in [1.807, 2.05) is 0 Å². The monoisotopic (exact) mass is 131 g/mol. The van der Waals surface area contributed by atoms with Crippen molar-refractivity contribution in [2.24, 2.45) is 5.92 Å². The van der Waals surface area contributed by atoms with Crippen molar-refractivity contribution in [2.75, 3.05) is 13.2 Å². The Morgan fingerprint density at radius 3 is 2.56 bits per heavy atom. The SMILES string of the molecule is CC(=O)OCC(C)C[O]. The molecule has 0 spiro atoms. The van der Waals surface area contributed by atoms with Crippen molar-refractivity contribution >= 4 is 5.97 Å². The van der Waals surface area contributed by atoms with Crippen molar-refractivity contribution in [3.63, 3.8) is 0 Å². The predicted octanol–water partition coefficient (Wildman–Crippen LogP) is 0.616. The van der Waals surface area contributed by atoms with Gasteiger partial charge in [0, 0.05) is 12.8 Å². The first-order chi connectivity index (χ1) is 4.16. The van der Waals surface area contributed by atoms with Gasteiger partial charge in [0.15, 0.2) is 0 Å². The maximum atomic E-state index is 10.1. The van der Waals surface area contributed by atoms with Crippen LogP contribution in [0.3, 0.4) is 0 Å². The lowest BCUT2D eigenvalue weighted by atomic mass is 10.2. The topological polar surface area (TPSA) is 46.2 Å². The van der Waals surface area contributed by atoms with Crippen molar-refractivity contribution in [1.82, 2.24) is 0 Å². The van der Waals surface area contributed by atoms with E-state index in [9.17, 15) is 9.90 Å². The molecule has 0 rings (SSSR count). The van der Waals surface area contributed by atoms with Crippen molar-refractivity contribution in [2.45, 2.75) is 13.8 Å². The molecule has 3 nitrogen and oxygen atoms in total. The molecule has 0 aliphatic carbocycles. The Hall–Kier alpha value is -0.570. The van der Waals surface area contributed by atoms with Crippen molar-refractivity contribution < 1.29 is 14.6 Å². The fourth-order valence-corrected chi connectivity index (χ4v) is 0.308. The van der Waals surface area contributed by atoms with Gasteiger partial charge in [0.1, 0.15) is 0 Å². The molecule has 0 bridgehead atoms. The van der Waals surface area contributed by atoms with Gasteiger partial charge in [0.25, 0.3) is 0 Å². The number of carbonyl (C=O) groups excluding carboxylic acids is 1. The molecule has 53 valence electrons. The zero-order valence-corrected chi connectivity index (χ0v) is 5.72. The van der Waals surface area contributed by atoms with Crippen LogP contribution in [0, 0.1) is 5.92 Å². The molecule has 9 heavy (non-hydrogen) atoms. The Labute approximate surface area is 54.6 Å². The highest BCUT2D eigenvalue weighted by molar-refractivity contribution is 5.65. The summed E-state index contributed by atoms with van der Waals surface area (Å²) in [6, 6.07) is 0. The lowest BCUT2D eigenvalue weighted by molar-refractivity contribution is -0.142. The Morgan fingerprint density at radius 1 is 1.67 bits per heavy atom. The second-order valence-electron chi connectivity index (χ2n) is 2.07. The van der Waals surface area contributed by atoms with E-state index in [0.29, 0.717) is 0 Å². The van der Waals surface area contributed by atoms with Crippen molar-refractivity contribution in [1.29, 1.82) is 0 Å². The summed E-state index contributed by atoms with van der Waals surface area (Å²) in [6.45, 7) is 3.14. The summed E-state index contributed by atoms with van der Waals surface area (Å²) in [5, 5.41) is 10.1. The van der Waals surface area contributed by atoms with Gasteiger partial charge in [0.2, 0.25) is 0 Å². The molecular weight excluding hydrogens is 120 g/mol. The number of rotatable bonds is 3. The highest BCUT2D eigenvalue weighted by atomic mass is 16.5. The minimum atomic E-state index is -0.324. The molecule has 0 saturated heterocycles. The Bertz CT molecular complexity index is 90.3. The number of ether oxygens (including phenoxy) is 1. The van der Waals surface area contributed by atoms with Crippen LogP contribution >= 0.6 is 0 Å². The quantitative estimate of drug-likeness (QED) is 0.527. The summed E-state index contributed by atoms with van der Waals surface area (Å²) in [5.74, 6) is -0.385. The predicted molar refractivity (Wildman–Crippen MR) is 31.4 cm³/mol. The van der Waals surface area contributed by atoms with E-state index in [1.165, 1.54) is 6.92 Å². The van der Waals surface area contributed by atoms with E-state index in [4.69, 9.17) is 0 Å². The molecule has 3 heteroatoms. The Morgan fingerprint density at radius 2 is 2.22 bits per heavy atom. The van der Waals surface area contributed by atoms with E-state index in [0.717, 1.165) is 0 Å². The van der Waals surface area contributed by atoms with Crippen LogP contribution in [-0.4, -0.2) is 19.2 Å². The van der Waals surface area contributed by atoms with Gasteiger partial charge < -0.3 is 4.74 Å². The first kappa shape index (κ1) is 8.43. The van der Waals surface area contributed by atoms with E-state index in [2.05, 4.69) is 4.74 Å². The number of carbonyl (C=O) groups is 1. The molecular formula is C6H11O3. The first-order valence-corrected chi connectivity index (χ1v) is 2.88. The summed E-state index contributed by atoms with van der Waals surface area (Å²) < 4.78 is 4.56. The van der Waals surface area contributed by atoms with Crippen molar-refractivity contribution in [3.8, 4) is 0 Å². The summed E-state index contributed by atoms with van der Waals surface area (Å²) in [5.41, 5.74) is 0. The number of esters is 1. The normalized spacial score (nSPS) is 12.8. The molecule has 0 aromatic rings. The Kier molecular flexibility index (Phi) is 4.05. The van der Waals surface area contributed by atoms with Crippen LogP contribution in [0.2, 0.25) is 0 Å². The van der Waals surface area contributed by atoms with Gasteiger partial charge in [-0.3, -0.25) is 4.79 Å². The van der Waals surface area contributed by atoms with E-state index < -0.39 is 0 Å². The van der Waals surface area contributed by atoms with Gasteiger partial charge in [-0.2, -0.15) is 0 Å². The molecule has 1 unspecified atom stereocenters. The van der Waals surface area contributed by atoms with Gasteiger partial charge in [0.05, 0.1) is 13.2 Å². The molecule has 0 aliphatic heterocycles. The smallest absolute Gasteiger partial charge is 0.302 e. The minimum Gasteiger partial charge on any atom is -0.465 e. The zero-order valence-electron chi connectivity index (χ0n) is 5.72. The highest BCUT2D eigenvalue weighted by Gasteiger charge is 2.01. The van der Waals surface area contributed by atoms with E-state index in [1.54, 1.807) is 6.92 Å². The van der Waals surface area contributed by atoms with Gasteiger partial charge >= 0.3 is 5.97 Å². The van der Waals surface area contributed by atoms with Gasteiger partial charge in [-0.05, 0) is 0 Å². The van der Waals surface area contributed by atoms with Gasteiger partial charge in [-0.15, -0.1) is 0 Å². The summed E-state index contributed by atoms with van der Waals surface area (Å²) in [7, 11) is 0. The molecule has 0 heterocycles. The van der Waals surface area contributed by atoms with Gasteiger partial charge in [-0.25, -0.2) is 5.11 Å². The maximum absolute atomic E-state index is 10.1. The average molecular weight is 131 g/mol. The van der Waals surface area contributed by atoms with Crippen LogP contribution in [0.1, 0.15) is 13.8 Å². The number of hydrogen-bond donors (Lipinski definition) is 0. The molecule has 1 radical (unpaired) electrons. The maximum Gasteiger partial charge on any atom is 0.302 e. The molecule has 0 fully saturated rings. The van der Waals surface area contributed by atoms with E-state index in [-0.39, 0.29) is 25.1 Å². The summed E-state index contributed by atoms with van der Waals surface area (Å²) in [4.78, 5) is 10.1. The van der Waals surface area contributed by atoms with E-state index >= 15 is 0 Å². The van der Waals surface area contributed by atoms with Crippen LogP contribution in [0.5, 0.6) is 0 Å². The molecule has 0 aliphatic rings. The second kappa shape index (κ2) is 4.32. The molecule has 1 atom stereocenters. The molecule has 0 aromatic carbocycles. The third-order valence-electron chi connectivity index (χ3n) is 0.856. The van der Waals surface area contributed by atoms with Gasteiger partial charge in [-0.1, -0.05) is 6.92 Å². The molecule has 0 aromatic heterocycles. The van der Waals surface area contributed by atoms with Crippen LogP contribution in [0.4, 0.5) is 0 Å². The van der Waals surface area contributed by atoms with Crippen molar-refractivity contribution in [3.05, 3.63) is 0 Å². The first-order valence-electron chi connectivity index (χ1n) is 2.88. The summed E-state index contributed by atoms with van der Waals surface area (Å²) >= 11 is 0. The van der Waals surface area contributed by atoms with Crippen LogP contribution in [0.25, 0.3) is 0 Å². The van der Waals surface area contributed by atoms with Crippen LogP contribution < -0.4 is 0 Å². The minimum absolute atomic E-state index is 0.0612. The highest BCUT2D eigenvalue weighted by Crippen LogP contribution is 1.93. The average Bonchev–Trinajstić information content (AvgIpc) is 1.83. The van der Waals surface area contributed by atoms with Crippen LogP contribution in [0.15, 0.2) is 0 Å². The van der Waals surface area contributed by atoms with Crippen LogP contribution in [-0.2, 0) is 14.6 Å². The lowest BCUT2D eigenvalue weighted by Crippen LogP contribution is -2.11. The standard InChI is InChI=1S/C6H11O3/c1-5(3-7)4-9-6(2)8/h5H,3-4H2,1-2H3. The lowest BCUT2D eigenvalue weighted by Gasteiger charge is -2.04. The third-order valence-corrected chi connectivity index (χ3v) is 0.856. The second-order valence-corrected chi connectivity index (χ2v) is 2.07. The third kappa shape index (κ3) is 5.30. The molecule has 0 saturated carbocycles. The Balaban J connectivity index is 3.16. The zero-order chi connectivity index (χ0) is 7.28. The number of hydrogen-bond acceptors (Lipinski definition) is 2. The fourth-order valence-electron chi connectivity index (χ4n) is 0.308. The molecule has 0 N–H and O–H groups in total.